The predicted molar refractivity (Wildman–Crippen MR) is 133 cm³/mol. The minimum absolute atomic E-state index is 0.0202. The van der Waals surface area contributed by atoms with E-state index in [4.69, 9.17) is 5.73 Å². The van der Waals surface area contributed by atoms with Crippen LogP contribution in [-0.4, -0.2) is 45.1 Å². The summed E-state index contributed by atoms with van der Waals surface area (Å²) in [5.74, 6) is -2.93. The summed E-state index contributed by atoms with van der Waals surface area (Å²) in [6.07, 6.45) is 3.04. The lowest BCUT2D eigenvalue weighted by molar-refractivity contribution is -0.141. The van der Waals surface area contributed by atoms with Crippen molar-refractivity contribution in [3.63, 3.8) is 0 Å². The lowest BCUT2D eigenvalue weighted by Crippen LogP contribution is -2.19. The smallest absolute Gasteiger partial charge is 0.366 e. The number of nitrogen functional groups attached to an aromatic ring is 1. The molecule has 0 aliphatic rings. The number of anilines is 1. The van der Waals surface area contributed by atoms with Crippen LogP contribution >= 0.6 is 0 Å². The molecule has 0 spiro atoms. The van der Waals surface area contributed by atoms with E-state index in [0.29, 0.717) is 33.6 Å². The largest absolute Gasteiger partial charge is 0.433 e. The summed E-state index contributed by atoms with van der Waals surface area (Å²) >= 11 is 0. The first-order valence-electron chi connectivity index (χ1n) is 11.9. The molecule has 0 amide bonds. The van der Waals surface area contributed by atoms with Crippen molar-refractivity contribution in [1.29, 1.82) is 0 Å². The maximum absolute atomic E-state index is 13.5. The number of rotatable bonds is 7. The van der Waals surface area contributed by atoms with E-state index in [1.54, 1.807) is 29.2 Å². The molecular formula is C25H24F5N9. The van der Waals surface area contributed by atoms with Gasteiger partial charge in [-0.05, 0) is 35.2 Å². The zero-order chi connectivity index (χ0) is 28.1. The van der Waals surface area contributed by atoms with Gasteiger partial charge in [0.05, 0.1) is 24.1 Å². The zero-order valence-electron chi connectivity index (χ0n) is 21.1. The summed E-state index contributed by atoms with van der Waals surface area (Å²) in [7, 11) is 0. The van der Waals surface area contributed by atoms with Crippen LogP contribution in [0, 0.1) is 5.92 Å². The van der Waals surface area contributed by atoms with E-state index in [9.17, 15) is 22.0 Å². The summed E-state index contributed by atoms with van der Waals surface area (Å²) in [6.45, 7) is 4.10. The molecule has 1 unspecified atom stereocenters. The second kappa shape index (κ2) is 9.43. The Morgan fingerprint density at radius 2 is 1.67 bits per heavy atom. The van der Waals surface area contributed by atoms with Gasteiger partial charge in [-0.3, -0.25) is 14.3 Å². The molecule has 5 rings (SSSR count). The number of nitrogens with zero attached hydrogens (tertiary/aromatic N) is 8. The molecule has 0 fully saturated rings. The third-order valence-electron chi connectivity index (χ3n) is 6.09. The Kier molecular flexibility index (Phi) is 6.35. The minimum atomic E-state index is -4.53. The molecule has 0 aromatic carbocycles. The van der Waals surface area contributed by atoms with Crippen molar-refractivity contribution >= 4 is 11.6 Å². The predicted octanol–water partition coefficient (Wildman–Crippen LogP) is 5.35. The standard InChI is InChI=1S/C25H24F5N9/c1-14(2)22(15-4-5-20(32-8-15)25(28,29)30)38-12-17(9-34-38)16-6-19(39-21(7-16)35-23(31)36-39)18-10-33-37(11-18)13-24(3,26)27/h4-12,14,22H,13H2,1-3H3,(H2,31,36). The topological polar surface area (TPSA) is 105 Å². The number of halogens is 5. The van der Waals surface area contributed by atoms with Gasteiger partial charge in [0, 0.05) is 36.6 Å². The number of nitrogens with two attached hydrogens (primary N) is 1. The fourth-order valence-corrected chi connectivity index (χ4v) is 4.47. The van der Waals surface area contributed by atoms with Gasteiger partial charge in [0.1, 0.15) is 12.2 Å². The van der Waals surface area contributed by atoms with Gasteiger partial charge in [0.15, 0.2) is 5.65 Å². The van der Waals surface area contributed by atoms with E-state index < -0.39 is 24.3 Å². The van der Waals surface area contributed by atoms with Gasteiger partial charge < -0.3 is 5.73 Å². The first-order chi connectivity index (χ1) is 18.3. The number of aromatic nitrogens is 8. The second-order valence-corrected chi connectivity index (χ2v) is 9.74. The molecular weight excluding hydrogens is 521 g/mol. The van der Waals surface area contributed by atoms with E-state index >= 15 is 0 Å². The zero-order valence-corrected chi connectivity index (χ0v) is 21.1. The third kappa shape index (κ3) is 5.45. The maximum Gasteiger partial charge on any atom is 0.433 e. The van der Waals surface area contributed by atoms with E-state index in [-0.39, 0.29) is 17.9 Å². The van der Waals surface area contributed by atoms with Crippen molar-refractivity contribution in [2.45, 2.75) is 45.5 Å². The molecule has 0 saturated heterocycles. The SMILES string of the molecule is CC(C)C(c1ccc(C(F)(F)F)nc1)n1cc(-c2cc(-c3cnn(CC(C)(F)F)c3)n3nc(N)nc3c2)cn1. The summed E-state index contributed by atoms with van der Waals surface area (Å²) in [4.78, 5) is 7.85. The van der Waals surface area contributed by atoms with Crippen LogP contribution in [-0.2, 0) is 12.7 Å². The molecule has 0 aliphatic carbocycles. The Labute approximate surface area is 219 Å². The number of hydrogen-bond donors (Lipinski definition) is 1. The lowest BCUT2D eigenvalue weighted by atomic mass is 9.97. The first-order valence-corrected chi connectivity index (χ1v) is 11.9. The van der Waals surface area contributed by atoms with Crippen LogP contribution in [0.4, 0.5) is 27.9 Å². The van der Waals surface area contributed by atoms with Crippen molar-refractivity contribution < 1.29 is 22.0 Å². The van der Waals surface area contributed by atoms with Gasteiger partial charge in [-0.25, -0.2) is 13.3 Å². The van der Waals surface area contributed by atoms with Gasteiger partial charge in [-0.1, -0.05) is 19.9 Å². The molecule has 14 heteroatoms. The van der Waals surface area contributed by atoms with Crippen LogP contribution in [0.1, 0.15) is 38.1 Å². The molecule has 5 heterocycles. The van der Waals surface area contributed by atoms with Crippen molar-refractivity contribution in [3.05, 3.63) is 66.5 Å². The quantitative estimate of drug-likeness (QED) is 0.277. The van der Waals surface area contributed by atoms with Crippen LogP contribution in [0.2, 0.25) is 0 Å². The van der Waals surface area contributed by atoms with Gasteiger partial charge in [0.2, 0.25) is 5.95 Å². The summed E-state index contributed by atoms with van der Waals surface area (Å²) in [5.41, 5.74) is 8.31. The van der Waals surface area contributed by atoms with Gasteiger partial charge in [-0.15, -0.1) is 5.10 Å². The third-order valence-corrected chi connectivity index (χ3v) is 6.09. The molecule has 0 radical (unpaired) electrons. The molecule has 0 aliphatic heterocycles. The monoisotopic (exact) mass is 545 g/mol. The Hall–Kier alpha value is -4.36. The highest BCUT2D eigenvalue weighted by atomic mass is 19.4. The Bertz CT molecular complexity index is 1610. The van der Waals surface area contributed by atoms with Gasteiger partial charge in [0.25, 0.3) is 5.92 Å². The molecule has 2 N–H and O–H groups in total. The van der Waals surface area contributed by atoms with E-state index in [2.05, 4.69) is 25.3 Å². The van der Waals surface area contributed by atoms with Crippen LogP contribution in [0.25, 0.3) is 28.0 Å². The number of pyridine rings is 2. The minimum Gasteiger partial charge on any atom is -0.366 e. The van der Waals surface area contributed by atoms with Crippen molar-refractivity contribution in [3.8, 4) is 22.4 Å². The summed E-state index contributed by atoms with van der Waals surface area (Å²) in [5, 5.41) is 12.8. The molecule has 39 heavy (non-hydrogen) atoms. The highest BCUT2D eigenvalue weighted by molar-refractivity contribution is 5.74. The van der Waals surface area contributed by atoms with Crippen LogP contribution in [0.15, 0.2) is 55.2 Å². The normalized spacial score (nSPS) is 13.5. The van der Waals surface area contributed by atoms with Gasteiger partial charge in [-0.2, -0.15) is 28.4 Å². The molecule has 204 valence electrons. The van der Waals surface area contributed by atoms with Crippen molar-refractivity contribution in [2.24, 2.45) is 5.92 Å². The van der Waals surface area contributed by atoms with E-state index in [1.165, 1.54) is 29.2 Å². The molecule has 5 aromatic rings. The molecule has 0 bridgehead atoms. The number of fused-ring (bicyclic) bond motifs is 1. The Balaban J connectivity index is 1.53. The van der Waals surface area contributed by atoms with Gasteiger partial charge >= 0.3 is 6.18 Å². The maximum atomic E-state index is 13.5. The number of hydrogen-bond acceptors (Lipinski definition) is 6. The highest BCUT2D eigenvalue weighted by Crippen LogP contribution is 2.33. The fraction of sp³-hybridized carbons (Fsp3) is 0.320. The van der Waals surface area contributed by atoms with E-state index in [0.717, 1.165) is 17.7 Å². The lowest BCUT2D eigenvalue weighted by Gasteiger charge is -2.22. The molecule has 9 nitrogen and oxygen atoms in total. The molecule has 5 aromatic heterocycles. The first kappa shape index (κ1) is 26.3. The average molecular weight is 546 g/mol. The summed E-state index contributed by atoms with van der Waals surface area (Å²) < 4.78 is 70.3. The highest BCUT2D eigenvalue weighted by Gasteiger charge is 2.32. The Morgan fingerprint density at radius 3 is 2.31 bits per heavy atom. The Morgan fingerprint density at radius 1 is 0.923 bits per heavy atom. The van der Waals surface area contributed by atoms with Crippen LogP contribution in [0.5, 0.6) is 0 Å². The molecule has 0 saturated carbocycles. The second-order valence-electron chi connectivity index (χ2n) is 9.74. The average Bonchev–Trinajstić information content (AvgIpc) is 3.56. The number of alkyl halides is 5. The van der Waals surface area contributed by atoms with Crippen LogP contribution < -0.4 is 5.73 Å². The fourth-order valence-electron chi connectivity index (χ4n) is 4.47. The summed E-state index contributed by atoms with van der Waals surface area (Å²) in [6, 6.07) is 5.53. The van der Waals surface area contributed by atoms with E-state index in [1.807, 2.05) is 13.8 Å². The van der Waals surface area contributed by atoms with Crippen molar-refractivity contribution in [1.82, 2.24) is 39.1 Å². The van der Waals surface area contributed by atoms with Crippen LogP contribution in [0.3, 0.4) is 0 Å². The molecule has 1 atom stereocenters. The van der Waals surface area contributed by atoms with Crippen molar-refractivity contribution in [2.75, 3.05) is 5.73 Å².